The van der Waals surface area contributed by atoms with E-state index in [1.54, 1.807) is 12.1 Å². The van der Waals surface area contributed by atoms with Crippen LogP contribution in [0.2, 0.25) is 0 Å². The SMILES string of the molecule is Cc1cc(Br)cc(C)c1OCC(=O)Oc1ccc(Br)cc1. The summed E-state index contributed by atoms with van der Waals surface area (Å²) in [6.45, 7) is 3.75. The van der Waals surface area contributed by atoms with Crippen LogP contribution in [0.4, 0.5) is 0 Å². The first-order chi connectivity index (χ1) is 9.95. The van der Waals surface area contributed by atoms with Crippen molar-refractivity contribution in [3.8, 4) is 11.5 Å². The van der Waals surface area contributed by atoms with Gasteiger partial charge in [-0.2, -0.15) is 0 Å². The molecule has 3 nitrogen and oxygen atoms in total. The maximum atomic E-state index is 11.8. The molecular weight excluding hydrogens is 400 g/mol. The van der Waals surface area contributed by atoms with E-state index in [-0.39, 0.29) is 6.61 Å². The topological polar surface area (TPSA) is 35.5 Å². The molecule has 2 aromatic carbocycles. The highest BCUT2D eigenvalue weighted by Gasteiger charge is 2.10. The zero-order valence-electron chi connectivity index (χ0n) is 11.7. The number of carbonyl (C=O) groups excluding carboxylic acids is 1. The van der Waals surface area contributed by atoms with E-state index in [1.165, 1.54) is 0 Å². The molecule has 0 aliphatic rings. The molecule has 0 heterocycles. The van der Waals surface area contributed by atoms with Gasteiger partial charge in [0.15, 0.2) is 6.61 Å². The normalized spacial score (nSPS) is 10.3. The highest BCUT2D eigenvalue weighted by Crippen LogP contribution is 2.27. The number of aryl methyl sites for hydroxylation is 2. The first kappa shape index (κ1) is 16.0. The van der Waals surface area contributed by atoms with Crippen LogP contribution in [0.3, 0.4) is 0 Å². The van der Waals surface area contributed by atoms with Crippen molar-refractivity contribution in [2.24, 2.45) is 0 Å². The maximum Gasteiger partial charge on any atom is 0.349 e. The Labute approximate surface area is 140 Å². The summed E-state index contributed by atoms with van der Waals surface area (Å²) in [4.78, 5) is 11.8. The largest absolute Gasteiger partial charge is 0.481 e. The third kappa shape index (κ3) is 4.58. The fourth-order valence-corrected chi connectivity index (χ4v) is 2.87. The molecule has 0 saturated carbocycles. The van der Waals surface area contributed by atoms with Crippen molar-refractivity contribution in [2.45, 2.75) is 13.8 Å². The van der Waals surface area contributed by atoms with E-state index < -0.39 is 5.97 Å². The molecule has 0 unspecified atom stereocenters. The number of rotatable bonds is 4. The number of esters is 1. The Balaban J connectivity index is 1.97. The van der Waals surface area contributed by atoms with E-state index in [0.29, 0.717) is 11.5 Å². The van der Waals surface area contributed by atoms with Gasteiger partial charge in [0.25, 0.3) is 0 Å². The number of halogens is 2. The fourth-order valence-electron chi connectivity index (χ4n) is 1.92. The van der Waals surface area contributed by atoms with Crippen LogP contribution in [0.15, 0.2) is 45.3 Å². The van der Waals surface area contributed by atoms with Crippen LogP contribution in [0.1, 0.15) is 11.1 Å². The van der Waals surface area contributed by atoms with Gasteiger partial charge in [0.05, 0.1) is 0 Å². The van der Waals surface area contributed by atoms with Crippen molar-refractivity contribution in [2.75, 3.05) is 6.61 Å². The first-order valence-electron chi connectivity index (χ1n) is 6.31. The maximum absolute atomic E-state index is 11.8. The van der Waals surface area contributed by atoms with E-state index >= 15 is 0 Å². The monoisotopic (exact) mass is 412 g/mol. The summed E-state index contributed by atoms with van der Waals surface area (Å²) in [7, 11) is 0. The third-order valence-corrected chi connectivity index (χ3v) is 3.79. The molecule has 5 heteroatoms. The van der Waals surface area contributed by atoms with Gasteiger partial charge in [0.1, 0.15) is 11.5 Å². The van der Waals surface area contributed by atoms with Crippen LogP contribution >= 0.6 is 31.9 Å². The fraction of sp³-hybridized carbons (Fsp3) is 0.188. The van der Waals surface area contributed by atoms with E-state index in [9.17, 15) is 4.79 Å². The lowest BCUT2D eigenvalue weighted by Crippen LogP contribution is -2.18. The van der Waals surface area contributed by atoms with Crippen LogP contribution in [-0.2, 0) is 4.79 Å². The molecule has 0 N–H and O–H groups in total. The molecule has 0 spiro atoms. The summed E-state index contributed by atoms with van der Waals surface area (Å²) in [6, 6.07) is 11.0. The Bertz CT molecular complexity index is 628. The highest BCUT2D eigenvalue weighted by atomic mass is 79.9. The first-order valence-corrected chi connectivity index (χ1v) is 7.90. The van der Waals surface area contributed by atoms with Gasteiger partial charge in [-0.25, -0.2) is 4.79 Å². The predicted molar refractivity (Wildman–Crippen MR) is 88.9 cm³/mol. The highest BCUT2D eigenvalue weighted by molar-refractivity contribution is 9.10. The van der Waals surface area contributed by atoms with Gasteiger partial charge in [0, 0.05) is 8.95 Å². The second-order valence-corrected chi connectivity index (χ2v) is 6.42. The number of hydrogen-bond donors (Lipinski definition) is 0. The molecule has 21 heavy (non-hydrogen) atoms. The summed E-state index contributed by atoms with van der Waals surface area (Å²) in [5.41, 5.74) is 1.94. The lowest BCUT2D eigenvalue weighted by atomic mass is 10.1. The quantitative estimate of drug-likeness (QED) is 0.532. The molecule has 0 aliphatic heterocycles. The van der Waals surface area contributed by atoms with Crippen molar-refractivity contribution in [3.05, 3.63) is 56.5 Å². The second-order valence-electron chi connectivity index (χ2n) is 4.59. The van der Waals surface area contributed by atoms with Crippen LogP contribution in [0.5, 0.6) is 11.5 Å². The molecule has 0 radical (unpaired) electrons. The zero-order chi connectivity index (χ0) is 15.4. The summed E-state index contributed by atoms with van der Waals surface area (Å²) in [5.74, 6) is 0.779. The van der Waals surface area contributed by atoms with Crippen molar-refractivity contribution in [1.29, 1.82) is 0 Å². The van der Waals surface area contributed by atoms with E-state index in [4.69, 9.17) is 9.47 Å². The summed E-state index contributed by atoms with van der Waals surface area (Å²) < 4.78 is 12.7. The summed E-state index contributed by atoms with van der Waals surface area (Å²) >= 11 is 6.75. The Morgan fingerprint density at radius 1 is 1.00 bits per heavy atom. The lowest BCUT2D eigenvalue weighted by molar-refractivity contribution is -0.136. The molecule has 0 saturated heterocycles. The van der Waals surface area contributed by atoms with Gasteiger partial charge >= 0.3 is 5.97 Å². The molecule has 0 aliphatic carbocycles. The summed E-state index contributed by atoms with van der Waals surface area (Å²) in [6.07, 6.45) is 0. The molecule has 0 aromatic heterocycles. The zero-order valence-corrected chi connectivity index (χ0v) is 14.8. The predicted octanol–water partition coefficient (Wildman–Crippen LogP) is 4.81. The average Bonchev–Trinajstić information content (AvgIpc) is 2.40. The number of hydrogen-bond acceptors (Lipinski definition) is 3. The van der Waals surface area contributed by atoms with Crippen molar-refractivity contribution in [1.82, 2.24) is 0 Å². The standard InChI is InChI=1S/C16H14Br2O3/c1-10-7-13(18)8-11(2)16(10)20-9-15(19)21-14-5-3-12(17)4-6-14/h3-8H,9H2,1-2H3. The Kier molecular flexibility index (Phi) is 5.42. The van der Waals surface area contributed by atoms with Gasteiger partial charge in [-0.15, -0.1) is 0 Å². The van der Waals surface area contributed by atoms with Gasteiger partial charge in [0.2, 0.25) is 0 Å². The van der Waals surface area contributed by atoms with Gasteiger partial charge in [-0.3, -0.25) is 0 Å². The molecule has 0 bridgehead atoms. The van der Waals surface area contributed by atoms with Crippen LogP contribution in [-0.4, -0.2) is 12.6 Å². The molecule has 110 valence electrons. The van der Waals surface area contributed by atoms with Gasteiger partial charge in [-0.1, -0.05) is 31.9 Å². The van der Waals surface area contributed by atoms with E-state index in [2.05, 4.69) is 31.9 Å². The molecule has 0 atom stereocenters. The Morgan fingerprint density at radius 3 is 2.14 bits per heavy atom. The number of benzene rings is 2. The van der Waals surface area contributed by atoms with Crippen molar-refractivity contribution in [3.63, 3.8) is 0 Å². The van der Waals surface area contributed by atoms with E-state index in [0.717, 1.165) is 20.1 Å². The Morgan fingerprint density at radius 2 is 1.57 bits per heavy atom. The average molecular weight is 414 g/mol. The Hall–Kier alpha value is -1.33. The minimum Gasteiger partial charge on any atom is -0.481 e. The van der Waals surface area contributed by atoms with Crippen LogP contribution in [0, 0.1) is 13.8 Å². The number of ether oxygens (including phenoxy) is 2. The smallest absolute Gasteiger partial charge is 0.349 e. The molecule has 2 rings (SSSR count). The minimum absolute atomic E-state index is 0.126. The van der Waals surface area contributed by atoms with Crippen molar-refractivity contribution < 1.29 is 14.3 Å². The second kappa shape index (κ2) is 7.09. The molecule has 0 amide bonds. The van der Waals surface area contributed by atoms with Crippen LogP contribution < -0.4 is 9.47 Å². The van der Waals surface area contributed by atoms with E-state index in [1.807, 2.05) is 38.1 Å². The number of carbonyl (C=O) groups is 1. The molecule has 0 fully saturated rings. The minimum atomic E-state index is -0.431. The summed E-state index contributed by atoms with van der Waals surface area (Å²) in [5, 5.41) is 0. The van der Waals surface area contributed by atoms with Gasteiger partial charge < -0.3 is 9.47 Å². The van der Waals surface area contributed by atoms with Crippen LogP contribution in [0.25, 0.3) is 0 Å². The molecule has 2 aromatic rings. The molecular formula is C16H14Br2O3. The van der Waals surface area contributed by atoms with Gasteiger partial charge in [-0.05, 0) is 61.4 Å². The van der Waals surface area contributed by atoms with Crippen molar-refractivity contribution >= 4 is 37.8 Å². The lowest BCUT2D eigenvalue weighted by Gasteiger charge is -2.12. The third-order valence-electron chi connectivity index (χ3n) is 2.80.